The summed E-state index contributed by atoms with van der Waals surface area (Å²) in [5, 5.41) is 3.50. The second-order valence-electron chi connectivity index (χ2n) is 7.31. The van der Waals surface area contributed by atoms with Gasteiger partial charge in [0, 0.05) is 24.2 Å². The van der Waals surface area contributed by atoms with E-state index in [1.54, 1.807) is 30.3 Å². The minimum absolute atomic E-state index is 0.0645. The molecule has 0 heterocycles. The van der Waals surface area contributed by atoms with Gasteiger partial charge in [-0.1, -0.05) is 42.5 Å². The summed E-state index contributed by atoms with van der Waals surface area (Å²) >= 11 is 12.1. The van der Waals surface area contributed by atoms with E-state index in [2.05, 4.69) is 5.32 Å². The van der Waals surface area contributed by atoms with E-state index >= 15 is 0 Å². The standard InChI is InChI=1S/C21H24Cl2N2O3S/c1-25(18-10-8-17(22)9-11-18)29(27,28)20-13-16(7-12-19(20)23)21(26)24-14-15-5-3-2-4-6-15/h7-13,15H,2-6,14H2,1H3,(H,24,26). The van der Waals surface area contributed by atoms with Gasteiger partial charge >= 0.3 is 0 Å². The van der Waals surface area contributed by atoms with Gasteiger partial charge < -0.3 is 5.32 Å². The Kier molecular flexibility index (Phi) is 7.09. The van der Waals surface area contributed by atoms with Crippen LogP contribution in [0.1, 0.15) is 42.5 Å². The molecule has 1 fully saturated rings. The number of anilines is 1. The molecule has 3 rings (SSSR count). The normalized spacial score (nSPS) is 15.1. The first-order valence-corrected chi connectivity index (χ1v) is 11.8. The summed E-state index contributed by atoms with van der Waals surface area (Å²) in [5.74, 6) is 0.192. The molecule has 0 atom stereocenters. The Labute approximate surface area is 182 Å². The number of halogens is 2. The van der Waals surface area contributed by atoms with Gasteiger partial charge in [-0.3, -0.25) is 9.10 Å². The Bertz CT molecular complexity index is 972. The van der Waals surface area contributed by atoms with Crippen LogP contribution in [-0.2, 0) is 10.0 Å². The van der Waals surface area contributed by atoms with Gasteiger partial charge in [-0.2, -0.15) is 0 Å². The van der Waals surface area contributed by atoms with Crippen LogP contribution in [0.25, 0.3) is 0 Å². The Balaban J connectivity index is 1.80. The predicted octanol–water partition coefficient (Wildman–Crippen LogP) is 5.13. The number of sulfonamides is 1. The molecule has 0 radical (unpaired) electrons. The smallest absolute Gasteiger partial charge is 0.265 e. The highest BCUT2D eigenvalue weighted by molar-refractivity contribution is 7.93. The van der Waals surface area contributed by atoms with Crippen LogP contribution in [0.3, 0.4) is 0 Å². The van der Waals surface area contributed by atoms with Gasteiger partial charge in [0.2, 0.25) is 0 Å². The van der Waals surface area contributed by atoms with Crippen molar-refractivity contribution in [3.63, 3.8) is 0 Å². The Hall–Kier alpha value is -1.76. The average molecular weight is 455 g/mol. The number of hydrogen-bond donors (Lipinski definition) is 1. The first-order valence-electron chi connectivity index (χ1n) is 9.61. The number of hydrogen-bond acceptors (Lipinski definition) is 3. The zero-order valence-corrected chi connectivity index (χ0v) is 18.5. The van der Waals surface area contributed by atoms with E-state index in [0.29, 0.717) is 23.2 Å². The predicted molar refractivity (Wildman–Crippen MR) is 117 cm³/mol. The largest absolute Gasteiger partial charge is 0.352 e. The van der Waals surface area contributed by atoms with E-state index in [1.165, 1.54) is 38.4 Å². The van der Waals surface area contributed by atoms with Crippen molar-refractivity contribution < 1.29 is 13.2 Å². The quantitative estimate of drug-likeness (QED) is 0.657. The lowest BCUT2D eigenvalue weighted by Gasteiger charge is -2.22. The molecular formula is C21H24Cl2N2O3S. The van der Waals surface area contributed by atoms with E-state index < -0.39 is 10.0 Å². The number of nitrogens with zero attached hydrogens (tertiary/aromatic N) is 1. The van der Waals surface area contributed by atoms with Gasteiger partial charge in [-0.15, -0.1) is 0 Å². The SMILES string of the molecule is CN(c1ccc(Cl)cc1)S(=O)(=O)c1cc(C(=O)NCC2CCCCC2)ccc1Cl. The monoisotopic (exact) mass is 454 g/mol. The number of carbonyl (C=O) groups is 1. The van der Waals surface area contributed by atoms with Crippen LogP contribution < -0.4 is 9.62 Å². The van der Waals surface area contributed by atoms with Gasteiger partial charge in [-0.05, 0) is 61.2 Å². The van der Waals surface area contributed by atoms with Crippen LogP contribution in [0.15, 0.2) is 47.4 Å². The molecule has 2 aromatic rings. The topological polar surface area (TPSA) is 66.5 Å². The third kappa shape index (κ3) is 5.24. The van der Waals surface area contributed by atoms with Crippen molar-refractivity contribution in [1.82, 2.24) is 5.32 Å². The van der Waals surface area contributed by atoms with Crippen LogP contribution in [0.4, 0.5) is 5.69 Å². The van der Waals surface area contributed by atoms with Gasteiger partial charge in [0.05, 0.1) is 10.7 Å². The average Bonchev–Trinajstić information content (AvgIpc) is 2.73. The summed E-state index contributed by atoms with van der Waals surface area (Å²) in [6, 6.07) is 10.8. The maximum absolute atomic E-state index is 13.1. The minimum atomic E-state index is -3.95. The molecule has 29 heavy (non-hydrogen) atoms. The third-order valence-corrected chi connectivity index (χ3v) is 7.82. The molecule has 1 saturated carbocycles. The highest BCUT2D eigenvalue weighted by atomic mass is 35.5. The molecule has 1 amide bonds. The van der Waals surface area contributed by atoms with Crippen molar-refractivity contribution in [2.75, 3.05) is 17.9 Å². The van der Waals surface area contributed by atoms with Crippen molar-refractivity contribution in [3.8, 4) is 0 Å². The molecule has 5 nitrogen and oxygen atoms in total. The highest BCUT2D eigenvalue weighted by Crippen LogP contribution is 2.29. The molecule has 1 aliphatic rings. The molecule has 0 unspecified atom stereocenters. The maximum atomic E-state index is 13.1. The fourth-order valence-corrected chi connectivity index (χ4v) is 5.33. The molecule has 2 aromatic carbocycles. The number of amides is 1. The van der Waals surface area contributed by atoms with Crippen molar-refractivity contribution in [1.29, 1.82) is 0 Å². The lowest BCUT2D eigenvalue weighted by molar-refractivity contribution is 0.0943. The second kappa shape index (κ2) is 9.37. The van der Waals surface area contributed by atoms with Gasteiger partial charge in [0.25, 0.3) is 15.9 Å². The van der Waals surface area contributed by atoms with Crippen molar-refractivity contribution in [2.24, 2.45) is 5.92 Å². The van der Waals surface area contributed by atoms with Crippen LogP contribution >= 0.6 is 23.2 Å². The Morgan fingerprint density at radius 3 is 2.38 bits per heavy atom. The van der Waals surface area contributed by atoms with Crippen molar-refractivity contribution in [3.05, 3.63) is 58.1 Å². The second-order valence-corrected chi connectivity index (χ2v) is 10.1. The van der Waals surface area contributed by atoms with Crippen LogP contribution in [0.2, 0.25) is 10.0 Å². The zero-order valence-electron chi connectivity index (χ0n) is 16.2. The molecule has 156 valence electrons. The van der Waals surface area contributed by atoms with Crippen LogP contribution in [0, 0.1) is 5.92 Å². The Morgan fingerprint density at radius 1 is 1.07 bits per heavy atom. The molecule has 0 aromatic heterocycles. The van der Waals surface area contributed by atoms with Crippen LogP contribution in [-0.4, -0.2) is 27.9 Å². The summed E-state index contributed by atoms with van der Waals surface area (Å²) in [5.41, 5.74) is 0.714. The fourth-order valence-electron chi connectivity index (χ4n) is 3.51. The summed E-state index contributed by atoms with van der Waals surface area (Å²) in [7, 11) is -2.51. The van der Waals surface area contributed by atoms with Crippen molar-refractivity contribution >= 4 is 44.8 Å². The van der Waals surface area contributed by atoms with E-state index in [-0.39, 0.29) is 21.4 Å². The molecule has 0 saturated heterocycles. The molecule has 1 aliphatic carbocycles. The Morgan fingerprint density at radius 2 is 1.72 bits per heavy atom. The third-order valence-electron chi connectivity index (χ3n) is 5.30. The molecule has 0 bridgehead atoms. The van der Waals surface area contributed by atoms with Crippen molar-refractivity contribution in [2.45, 2.75) is 37.0 Å². The molecular weight excluding hydrogens is 431 g/mol. The molecule has 0 spiro atoms. The van der Waals surface area contributed by atoms with Gasteiger partial charge in [0.1, 0.15) is 4.90 Å². The number of rotatable bonds is 6. The number of benzene rings is 2. The minimum Gasteiger partial charge on any atom is -0.352 e. The molecule has 1 N–H and O–H groups in total. The van der Waals surface area contributed by atoms with E-state index in [9.17, 15) is 13.2 Å². The zero-order chi connectivity index (χ0) is 21.0. The first kappa shape index (κ1) is 21.9. The lowest BCUT2D eigenvalue weighted by atomic mass is 9.89. The number of carbonyl (C=O) groups excluding carboxylic acids is 1. The summed E-state index contributed by atoms with van der Waals surface area (Å²) in [6.07, 6.45) is 5.88. The van der Waals surface area contributed by atoms with E-state index in [0.717, 1.165) is 17.1 Å². The van der Waals surface area contributed by atoms with Gasteiger partial charge in [-0.25, -0.2) is 8.42 Å². The number of nitrogens with one attached hydrogen (secondary N) is 1. The van der Waals surface area contributed by atoms with Crippen LogP contribution in [0.5, 0.6) is 0 Å². The fraction of sp³-hybridized carbons (Fsp3) is 0.381. The highest BCUT2D eigenvalue weighted by Gasteiger charge is 2.26. The van der Waals surface area contributed by atoms with E-state index in [4.69, 9.17) is 23.2 Å². The van der Waals surface area contributed by atoms with Gasteiger partial charge in [0.15, 0.2) is 0 Å². The summed E-state index contributed by atoms with van der Waals surface area (Å²) < 4.78 is 27.3. The molecule has 8 heteroatoms. The van der Waals surface area contributed by atoms with E-state index in [1.807, 2.05) is 0 Å². The summed E-state index contributed by atoms with van der Waals surface area (Å²) in [6.45, 7) is 0.605. The molecule has 0 aliphatic heterocycles. The maximum Gasteiger partial charge on any atom is 0.265 e. The first-order chi connectivity index (χ1) is 13.8. The summed E-state index contributed by atoms with van der Waals surface area (Å²) in [4.78, 5) is 12.5. The lowest BCUT2D eigenvalue weighted by Crippen LogP contribution is -2.31.